The summed E-state index contributed by atoms with van der Waals surface area (Å²) in [5.74, 6) is -0.0738. The minimum atomic E-state index is -0.478. The molecule has 2 aliphatic rings. The van der Waals surface area contributed by atoms with Gasteiger partial charge in [0, 0.05) is 19.0 Å². The van der Waals surface area contributed by atoms with E-state index in [2.05, 4.69) is 10.1 Å². The molecule has 1 spiro atoms. The van der Waals surface area contributed by atoms with Gasteiger partial charge in [0.05, 0.1) is 19.3 Å². The molecule has 1 amide bonds. The molecular weight excluding hydrogens is 300 g/mol. The monoisotopic (exact) mass is 328 g/mol. The maximum absolute atomic E-state index is 12.3. The SMILES string of the molecule is CCOC(=O)C1CC2(CCC2)ON1CC(NC(=O)OC)C(C)C. The van der Waals surface area contributed by atoms with Gasteiger partial charge in [-0.1, -0.05) is 13.8 Å². The van der Waals surface area contributed by atoms with E-state index in [1.54, 1.807) is 12.0 Å². The molecular formula is C16H28N2O5. The molecule has 7 nitrogen and oxygen atoms in total. The van der Waals surface area contributed by atoms with Crippen molar-refractivity contribution in [2.75, 3.05) is 20.3 Å². The van der Waals surface area contributed by atoms with Gasteiger partial charge in [-0.25, -0.2) is 4.79 Å². The topological polar surface area (TPSA) is 77.1 Å². The Bertz CT molecular complexity index is 436. The highest BCUT2D eigenvalue weighted by atomic mass is 16.7. The van der Waals surface area contributed by atoms with Crippen molar-refractivity contribution >= 4 is 12.1 Å². The zero-order valence-corrected chi connectivity index (χ0v) is 14.5. The van der Waals surface area contributed by atoms with Crippen LogP contribution in [0.4, 0.5) is 4.79 Å². The van der Waals surface area contributed by atoms with Gasteiger partial charge in [-0.2, -0.15) is 5.06 Å². The Kier molecular flexibility index (Phi) is 5.86. The van der Waals surface area contributed by atoms with Crippen LogP contribution in [0, 0.1) is 5.92 Å². The van der Waals surface area contributed by atoms with Crippen LogP contribution in [0.5, 0.6) is 0 Å². The van der Waals surface area contributed by atoms with Crippen molar-refractivity contribution in [1.82, 2.24) is 10.4 Å². The second-order valence-electron chi connectivity index (χ2n) is 6.69. The number of hydrogen-bond acceptors (Lipinski definition) is 6. The highest BCUT2D eigenvalue weighted by molar-refractivity contribution is 5.76. The fraction of sp³-hybridized carbons (Fsp3) is 0.875. The smallest absolute Gasteiger partial charge is 0.407 e. The molecule has 1 aliphatic heterocycles. The average Bonchev–Trinajstić information content (AvgIpc) is 2.86. The Labute approximate surface area is 137 Å². The first-order chi connectivity index (χ1) is 10.9. The lowest BCUT2D eigenvalue weighted by Crippen LogP contribution is -2.49. The van der Waals surface area contributed by atoms with E-state index in [1.165, 1.54) is 7.11 Å². The summed E-state index contributed by atoms with van der Waals surface area (Å²) in [7, 11) is 1.34. The number of carbonyl (C=O) groups is 2. The molecule has 0 aromatic carbocycles. The van der Waals surface area contributed by atoms with Crippen molar-refractivity contribution in [2.45, 2.75) is 64.1 Å². The summed E-state index contributed by atoms with van der Waals surface area (Å²) in [4.78, 5) is 29.9. The molecule has 0 radical (unpaired) electrons. The Morgan fingerprint density at radius 3 is 2.57 bits per heavy atom. The van der Waals surface area contributed by atoms with Crippen LogP contribution in [0.1, 0.15) is 46.5 Å². The zero-order valence-electron chi connectivity index (χ0n) is 14.5. The van der Waals surface area contributed by atoms with E-state index in [0.29, 0.717) is 19.6 Å². The predicted octanol–water partition coefficient (Wildman–Crippen LogP) is 1.86. The maximum atomic E-state index is 12.3. The lowest BCUT2D eigenvalue weighted by molar-refractivity contribution is -0.233. The Hall–Kier alpha value is -1.34. The number of hydroxylamine groups is 2. The molecule has 0 aromatic heterocycles. The van der Waals surface area contributed by atoms with Gasteiger partial charge in [0.2, 0.25) is 0 Å². The quantitative estimate of drug-likeness (QED) is 0.750. The second-order valence-corrected chi connectivity index (χ2v) is 6.69. The number of ether oxygens (including phenoxy) is 2. The van der Waals surface area contributed by atoms with Crippen LogP contribution in [0.3, 0.4) is 0 Å². The molecule has 1 saturated heterocycles. The number of carbonyl (C=O) groups excluding carboxylic acids is 2. The van der Waals surface area contributed by atoms with Crippen molar-refractivity contribution in [3.63, 3.8) is 0 Å². The Balaban J connectivity index is 2.06. The van der Waals surface area contributed by atoms with Gasteiger partial charge in [0.25, 0.3) is 0 Å². The standard InChI is InChI=1S/C16H28N2O5/c1-5-22-14(19)13-9-16(7-6-8-16)23-18(13)10-12(11(2)3)17-15(20)21-4/h11-13H,5-10H2,1-4H3,(H,17,20). The Morgan fingerprint density at radius 2 is 2.09 bits per heavy atom. The average molecular weight is 328 g/mol. The number of nitrogens with zero attached hydrogens (tertiary/aromatic N) is 1. The molecule has 1 aliphatic carbocycles. The van der Waals surface area contributed by atoms with E-state index in [0.717, 1.165) is 19.3 Å². The number of methoxy groups -OCH3 is 1. The van der Waals surface area contributed by atoms with Crippen molar-refractivity contribution in [1.29, 1.82) is 0 Å². The fourth-order valence-electron chi connectivity index (χ4n) is 3.10. The fourth-order valence-corrected chi connectivity index (χ4v) is 3.10. The van der Waals surface area contributed by atoms with Gasteiger partial charge < -0.3 is 14.8 Å². The summed E-state index contributed by atoms with van der Waals surface area (Å²) in [6.45, 7) is 6.60. The first-order valence-electron chi connectivity index (χ1n) is 8.37. The molecule has 23 heavy (non-hydrogen) atoms. The first kappa shape index (κ1) is 18.0. The summed E-state index contributed by atoms with van der Waals surface area (Å²) >= 11 is 0. The van der Waals surface area contributed by atoms with Crippen LogP contribution in [-0.4, -0.2) is 55.1 Å². The maximum Gasteiger partial charge on any atom is 0.407 e. The van der Waals surface area contributed by atoms with Gasteiger partial charge in [-0.05, 0) is 32.1 Å². The number of alkyl carbamates (subject to hydrolysis) is 1. The third kappa shape index (κ3) is 4.14. The number of hydrogen-bond donors (Lipinski definition) is 1. The molecule has 2 unspecified atom stereocenters. The number of rotatable bonds is 6. The molecule has 132 valence electrons. The normalized spacial score (nSPS) is 24.3. The van der Waals surface area contributed by atoms with Gasteiger partial charge in [0.1, 0.15) is 6.04 Å². The van der Waals surface area contributed by atoms with Gasteiger partial charge in [0.15, 0.2) is 0 Å². The molecule has 0 aromatic rings. The molecule has 2 atom stereocenters. The van der Waals surface area contributed by atoms with E-state index in [-0.39, 0.29) is 23.5 Å². The molecule has 0 bridgehead atoms. The molecule has 1 heterocycles. The Morgan fingerprint density at radius 1 is 1.39 bits per heavy atom. The predicted molar refractivity (Wildman–Crippen MR) is 83.6 cm³/mol. The highest BCUT2D eigenvalue weighted by Crippen LogP contribution is 2.46. The van der Waals surface area contributed by atoms with Crippen LogP contribution >= 0.6 is 0 Å². The summed E-state index contributed by atoms with van der Waals surface area (Å²) in [6, 6.07) is -0.578. The van der Waals surface area contributed by atoms with Gasteiger partial charge in [-0.15, -0.1) is 0 Å². The molecule has 1 N–H and O–H groups in total. The van der Waals surface area contributed by atoms with Crippen LogP contribution in [0.15, 0.2) is 0 Å². The minimum Gasteiger partial charge on any atom is -0.465 e. The van der Waals surface area contributed by atoms with Crippen LogP contribution in [0.2, 0.25) is 0 Å². The summed E-state index contributed by atoms with van der Waals surface area (Å²) in [5.41, 5.74) is -0.218. The molecule has 7 heteroatoms. The zero-order chi connectivity index (χ0) is 17.0. The summed E-state index contributed by atoms with van der Waals surface area (Å²) in [6.07, 6.45) is 3.24. The van der Waals surface area contributed by atoms with Crippen molar-refractivity contribution in [3.8, 4) is 0 Å². The first-order valence-corrected chi connectivity index (χ1v) is 8.37. The van der Waals surface area contributed by atoms with Crippen molar-refractivity contribution in [2.24, 2.45) is 5.92 Å². The number of nitrogens with one attached hydrogen (secondary N) is 1. The van der Waals surface area contributed by atoms with E-state index < -0.39 is 12.1 Å². The largest absolute Gasteiger partial charge is 0.465 e. The van der Waals surface area contributed by atoms with E-state index in [1.807, 2.05) is 13.8 Å². The number of esters is 1. The highest BCUT2D eigenvalue weighted by Gasteiger charge is 2.52. The van der Waals surface area contributed by atoms with Gasteiger partial charge >= 0.3 is 12.1 Å². The second kappa shape index (κ2) is 7.49. The van der Waals surface area contributed by atoms with Crippen molar-refractivity contribution < 1.29 is 23.9 Å². The molecule has 2 rings (SSSR count). The molecule has 2 fully saturated rings. The van der Waals surface area contributed by atoms with E-state index in [4.69, 9.17) is 9.57 Å². The van der Waals surface area contributed by atoms with Crippen LogP contribution in [-0.2, 0) is 19.1 Å². The van der Waals surface area contributed by atoms with E-state index in [9.17, 15) is 9.59 Å². The number of amides is 1. The van der Waals surface area contributed by atoms with E-state index >= 15 is 0 Å². The summed E-state index contributed by atoms with van der Waals surface area (Å²) < 4.78 is 9.87. The van der Waals surface area contributed by atoms with Crippen LogP contribution < -0.4 is 5.32 Å². The minimum absolute atomic E-state index is 0.172. The third-order valence-electron chi connectivity index (χ3n) is 4.72. The van der Waals surface area contributed by atoms with Crippen LogP contribution in [0.25, 0.3) is 0 Å². The third-order valence-corrected chi connectivity index (χ3v) is 4.72. The summed E-state index contributed by atoms with van der Waals surface area (Å²) in [5, 5.41) is 4.52. The lowest BCUT2D eigenvalue weighted by Gasteiger charge is -2.37. The van der Waals surface area contributed by atoms with Gasteiger partial charge in [-0.3, -0.25) is 9.63 Å². The van der Waals surface area contributed by atoms with Crippen molar-refractivity contribution in [3.05, 3.63) is 0 Å². The molecule has 1 saturated carbocycles. The lowest BCUT2D eigenvalue weighted by atomic mass is 9.77.